The molecule has 0 aliphatic heterocycles. The van der Waals surface area contributed by atoms with E-state index in [0.29, 0.717) is 17.8 Å². The maximum atomic E-state index is 13.7. The Morgan fingerprint density at radius 3 is 2.00 bits per heavy atom. The van der Waals surface area contributed by atoms with Gasteiger partial charge < -0.3 is 0 Å². The van der Waals surface area contributed by atoms with E-state index in [0.717, 1.165) is 10.8 Å². The van der Waals surface area contributed by atoms with Gasteiger partial charge in [0, 0.05) is 19.6 Å². The minimum absolute atomic E-state index is 0.108. The summed E-state index contributed by atoms with van der Waals surface area (Å²) in [6.45, 7) is 9.64. The van der Waals surface area contributed by atoms with Gasteiger partial charge >= 0.3 is 12.4 Å². The molecule has 154 valence electrons. The Morgan fingerprint density at radius 2 is 1.54 bits per heavy atom. The molecule has 0 aliphatic carbocycles. The molecule has 0 aliphatic rings. The van der Waals surface area contributed by atoms with Gasteiger partial charge in [0.2, 0.25) is 5.69 Å². The van der Waals surface area contributed by atoms with Crippen LogP contribution in [0.3, 0.4) is 0 Å². The van der Waals surface area contributed by atoms with E-state index < -0.39 is 37.9 Å². The van der Waals surface area contributed by atoms with E-state index in [1.807, 2.05) is 13.1 Å². The lowest BCUT2D eigenvalue weighted by Crippen LogP contribution is -2.46. The fourth-order valence-corrected chi connectivity index (χ4v) is 5.11. The van der Waals surface area contributed by atoms with Gasteiger partial charge in [-0.25, -0.2) is 4.57 Å². The Hall–Kier alpha value is -1.83. The van der Waals surface area contributed by atoms with Crippen molar-refractivity contribution in [2.24, 2.45) is 7.05 Å². The van der Waals surface area contributed by atoms with Crippen LogP contribution < -0.4 is 9.75 Å². The van der Waals surface area contributed by atoms with Crippen molar-refractivity contribution in [1.29, 1.82) is 0 Å². The van der Waals surface area contributed by atoms with Crippen LogP contribution in [0, 0.1) is 13.8 Å². The normalized spacial score (nSPS) is 14.7. The van der Waals surface area contributed by atoms with Gasteiger partial charge in [-0.2, -0.15) is 26.3 Å². The average Bonchev–Trinajstić information content (AvgIpc) is 2.53. The molecule has 2 rings (SSSR count). The van der Waals surface area contributed by atoms with E-state index in [2.05, 4.69) is 19.6 Å². The van der Waals surface area contributed by atoms with Crippen LogP contribution >= 0.6 is 0 Å². The minimum atomic E-state index is -5.48. The van der Waals surface area contributed by atoms with Crippen molar-refractivity contribution >= 4 is 13.3 Å². The van der Waals surface area contributed by atoms with Crippen molar-refractivity contribution in [3.8, 4) is 11.3 Å². The van der Waals surface area contributed by atoms with Crippen molar-refractivity contribution in [2.75, 3.05) is 0 Å². The first-order valence-electron chi connectivity index (χ1n) is 9.58. The number of halogens is 6. The van der Waals surface area contributed by atoms with Crippen molar-refractivity contribution in [1.82, 2.24) is 0 Å². The van der Waals surface area contributed by atoms with Gasteiger partial charge in [-0.05, 0) is 36.6 Å². The maximum Gasteiger partial charge on any atom is 0.416 e. The van der Waals surface area contributed by atoms with Crippen LogP contribution in [0.15, 0.2) is 24.4 Å². The molecule has 28 heavy (non-hydrogen) atoms. The molecule has 0 unspecified atom stereocenters. The highest BCUT2D eigenvalue weighted by molar-refractivity contribution is 6.88. The number of rotatable bonds is 3. The topological polar surface area (TPSA) is 3.88 Å². The molecule has 0 spiro atoms. The molecule has 0 fully saturated rings. The fraction of sp³-hybridized carbons (Fsp3) is 0.450. The Kier molecular flexibility index (Phi) is 5.01. The van der Waals surface area contributed by atoms with Crippen LogP contribution in [0.4, 0.5) is 26.3 Å². The van der Waals surface area contributed by atoms with Gasteiger partial charge in [0.1, 0.15) is 7.05 Å². The molecule has 0 bridgehead atoms. The number of pyridine rings is 1. The molecule has 0 atom stereocenters. The predicted molar refractivity (Wildman–Crippen MR) is 100 cm³/mol. The van der Waals surface area contributed by atoms with Crippen LogP contribution in [0.1, 0.15) is 25.0 Å². The molecule has 1 aromatic heterocycles. The highest BCUT2D eigenvalue weighted by Gasteiger charge is 2.39. The molecule has 0 saturated carbocycles. The van der Waals surface area contributed by atoms with E-state index >= 15 is 0 Å². The van der Waals surface area contributed by atoms with Crippen molar-refractivity contribution in [3.63, 3.8) is 0 Å². The number of alkyl halides is 6. The highest BCUT2D eigenvalue weighted by atomic mass is 28.3. The lowest BCUT2D eigenvalue weighted by Gasteiger charge is -2.20. The van der Waals surface area contributed by atoms with Crippen molar-refractivity contribution in [2.45, 2.75) is 52.2 Å². The summed E-state index contributed by atoms with van der Waals surface area (Å²) in [6.07, 6.45) is -12.9. The summed E-state index contributed by atoms with van der Waals surface area (Å²) < 4.78 is 96.8. The van der Waals surface area contributed by atoms with E-state index in [4.69, 9.17) is 2.74 Å². The minimum Gasteiger partial charge on any atom is -0.201 e. The smallest absolute Gasteiger partial charge is 0.201 e. The van der Waals surface area contributed by atoms with E-state index in [1.54, 1.807) is 17.7 Å². The molecule has 0 saturated heterocycles. The number of aryl methyl sites for hydroxylation is 3. The second-order valence-electron chi connectivity index (χ2n) is 7.95. The monoisotopic (exact) mass is 422 g/mol. The molecule has 0 N–H and O–H groups in total. The lowest BCUT2D eigenvalue weighted by atomic mass is 9.94. The fourth-order valence-electron chi connectivity index (χ4n) is 3.28. The largest absolute Gasteiger partial charge is 0.416 e. The molecule has 8 heteroatoms. The molecule has 0 radical (unpaired) electrons. The van der Waals surface area contributed by atoms with Gasteiger partial charge in [0.05, 0.1) is 20.0 Å². The van der Waals surface area contributed by atoms with Gasteiger partial charge in [-0.1, -0.05) is 25.7 Å². The first-order valence-corrected chi connectivity index (χ1v) is 12.1. The SMILES string of the molecule is [2H]C([2H])(c1cc(C)c(-c2cc(C)c([Si](C)(C)C)c[n+]2C)cc1C(F)(F)F)C(F)(F)F. The van der Waals surface area contributed by atoms with Crippen LogP contribution in [0.5, 0.6) is 0 Å². The van der Waals surface area contributed by atoms with Gasteiger partial charge in [-0.3, -0.25) is 0 Å². The standard InChI is InChI=1S/C20H24F6NSi/c1-12-7-14(10-19(21,22)23)16(20(24,25)26)9-15(12)17-8-13(2)18(11-27(17)3)28(4,5)6/h7-9,11H,10H2,1-6H3/q+1/i10D2. The summed E-state index contributed by atoms with van der Waals surface area (Å²) in [6, 6.07) is 3.01. The first kappa shape index (κ1) is 19.5. The van der Waals surface area contributed by atoms with Gasteiger partial charge in [0.25, 0.3) is 0 Å². The van der Waals surface area contributed by atoms with Crippen LogP contribution in [-0.4, -0.2) is 14.3 Å². The zero-order valence-corrected chi connectivity index (χ0v) is 17.5. The third-order valence-corrected chi connectivity index (χ3v) is 6.65. The molecular weight excluding hydrogens is 396 g/mol. The highest BCUT2D eigenvalue weighted by Crippen LogP contribution is 2.38. The number of hydrogen-bond donors (Lipinski definition) is 0. The second-order valence-corrected chi connectivity index (χ2v) is 13.0. The molecule has 1 heterocycles. The average molecular weight is 423 g/mol. The van der Waals surface area contributed by atoms with Gasteiger partial charge in [-0.15, -0.1) is 0 Å². The molecule has 0 amide bonds. The van der Waals surface area contributed by atoms with Crippen LogP contribution in [0.2, 0.25) is 19.6 Å². The summed E-state index contributed by atoms with van der Waals surface area (Å²) in [5, 5.41) is 1.12. The molecule has 1 aromatic carbocycles. The number of nitrogens with zero attached hydrogens (tertiary/aromatic N) is 1. The van der Waals surface area contributed by atoms with E-state index in [-0.39, 0.29) is 11.1 Å². The Morgan fingerprint density at radius 1 is 0.964 bits per heavy atom. The van der Waals surface area contributed by atoms with E-state index in [1.165, 1.54) is 6.92 Å². The Labute approximate surface area is 164 Å². The Bertz CT molecular complexity index is 975. The van der Waals surface area contributed by atoms with Crippen LogP contribution in [-0.2, 0) is 19.6 Å². The summed E-state index contributed by atoms with van der Waals surface area (Å²) in [7, 11) is -0.0432. The zero-order valence-electron chi connectivity index (χ0n) is 18.5. The molecule has 1 nitrogen and oxygen atoms in total. The number of hydrogen-bond acceptors (Lipinski definition) is 0. The summed E-state index contributed by atoms with van der Waals surface area (Å²) in [4.78, 5) is 0. The second kappa shape index (κ2) is 7.20. The summed E-state index contributed by atoms with van der Waals surface area (Å²) >= 11 is 0. The molecule has 2 aromatic rings. The third kappa shape index (κ3) is 4.95. The zero-order chi connectivity index (χ0) is 23.4. The summed E-state index contributed by atoms with van der Waals surface area (Å²) in [5.74, 6) is 0. The maximum absolute atomic E-state index is 13.7. The van der Waals surface area contributed by atoms with Gasteiger partial charge in [0.15, 0.2) is 6.20 Å². The Balaban J connectivity index is 2.84. The van der Waals surface area contributed by atoms with Crippen molar-refractivity contribution in [3.05, 3.63) is 46.6 Å². The number of benzene rings is 1. The third-order valence-electron chi connectivity index (χ3n) is 4.51. The first-order chi connectivity index (χ1) is 13.3. The van der Waals surface area contributed by atoms with E-state index in [9.17, 15) is 26.3 Å². The summed E-state index contributed by atoms with van der Waals surface area (Å²) in [5.41, 5.74) is -1.51. The molecular formula is C20H24F6NSi+. The lowest BCUT2D eigenvalue weighted by molar-refractivity contribution is -0.659. The predicted octanol–water partition coefficient (Wildman–Crippen LogP) is 5.46. The number of aromatic nitrogens is 1. The van der Waals surface area contributed by atoms with Crippen LogP contribution in [0.25, 0.3) is 11.3 Å². The van der Waals surface area contributed by atoms with Crippen molar-refractivity contribution < 1.29 is 33.7 Å². The quantitative estimate of drug-likeness (QED) is 0.351.